The molecule has 0 spiro atoms. The summed E-state index contributed by atoms with van der Waals surface area (Å²) in [7, 11) is 2.04. The normalized spacial score (nSPS) is 20.3. The molecule has 0 N–H and O–H groups in total. The lowest BCUT2D eigenvalue weighted by molar-refractivity contribution is -0.0119. The van der Waals surface area contributed by atoms with Gasteiger partial charge in [-0.2, -0.15) is 0 Å². The lowest BCUT2D eigenvalue weighted by Crippen LogP contribution is -2.36. The standard InChI is InChI=1S/C16H31ClO3S/c1-3-4-5-7-10-15(2)20-13-16(14-21(17,18)19)11-8-6-9-12-16/h15H,3-14H2,1-2H3. The van der Waals surface area contributed by atoms with Gasteiger partial charge in [0.2, 0.25) is 9.05 Å². The van der Waals surface area contributed by atoms with E-state index in [0.29, 0.717) is 6.61 Å². The highest BCUT2D eigenvalue weighted by Gasteiger charge is 2.36. The third kappa shape index (κ3) is 8.41. The van der Waals surface area contributed by atoms with Crippen molar-refractivity contribution in [2.45, 2.75) is 84.2 Å². The molecule has 0 aromatic heterocycles. The highest BCUT2D eigenvalue weighted by Crippen LogP contribution is 2.39. The molecule has 1 aliphatic rings. The van der Waals surface area contributed by atoms with Crippen LogP contribution in [0, 0.1) is 5.41 Å². The second-order valence-corrected chi connectivity index (χ2v) is 9.49. The Bertz CT molecular complexity index is 375. The molecule has 0 heterocycles. The second kappa shape index (κ2) is 9.36. The van der Waals surface area contributed by atoms with Crippen LogP contribution in [0.25, 0.3) is 0 Å². The summed E-state index contributed by atoms with van der Waals surface area (Å²) >= 11 is 0. The Morgan fingerprint density at radius 2 is 1.81 bits per heavy atom. The Hall–Kier alpha value is 0.200. The monoisotopic (exact) mass is 338 g/mol. The van der Waals surface area contributed by atoms with Crippen LogP contribution < -0.4 is 0 Å². The van der Waals surface area contributed by atoms with Gasteiger partial charge in [0.1, 0.15) is 0 Å². The van der Waals surface area contributed by atoms with Gasteiger partial charge in [0.25, 0.3) is 0 Å². The Kier molecular flexibility index (Phi) is 8.58. The minimum atomic E-state index is -3.46. The maximum atomic E-state index is 11.5. The van der Waals surface area contributed by atoms with E-state index < -0.39 is 9.05 Å². The predicted molar refractivity (Wildman–Crippen MR) is 89.3 cm³/mol. The van der Waals surface area contributed by atoms with E-state index in [1.807, 2.05) is 0 Å². The molecule has 1 unspecified atom stereocenters. The lowest BCUT2D eigenvalue weighted by Gasteiger charge is -2.36. The number of ether oxygens (including phenoxy) is 1. The smallest absolute Gasteiger partial charge is 0.233 e. The Morgan fingerprint density at radius 3 is 2.38 bits per heavy atom. The molecule has 126 valence electrons. The fourth-order valence-electron chi connectivity index (χ4n) is 3.26. The molecule has 21 heavy (non-hydrogen) atoms. The van der Waals surface area contributed by atoms with Crippen molar-refractivity contribution in [3.63, 3.8) is 0 Å². The van der Waals surface area contributed by atoms with Crippen molar-refractivity contribution < 1.29 is 13.2 Å². The summed E-state index contributed by atoms with van der Waals surface area (Å²) in [4.78, 5) is 0. The molecule has 0 radical (unpaired) electrons. The minimum absolute atomic E-state index is 0.0596. The molecule has 1 saturated carbocycles. The van der Waals surface area contributed by atoms with Crippen LogP contribution in [-0.2, 0) is 13.8 Å². The van der Waals surface area contributed by atoms with Crippen LogP contribution in [0.15, 0.2) is 0 Å². The van der Waals surface area contributed by atoms with Gasteiger partial charge >= 0.3 is 0 Å². The number of hydrogen-bond donors (Lipinski definition) is 0. The Balaban J connectivity index is 2.42. The topological polar surface area (TPSA) is 43.4 Å². The van der Waals surface area contributed by atoms with Crippen molar-refractivity contribution >= 4 is 19.7 Å². The molecule has 1 aliphatic carbocycles. The van der Waals surface area contributed by atoms with E-state index in [2.05, 4.69) is 13.8 Å². The number of rotatable bonds is 10. The van der Waals surface area contributed by atoms with Gasteiger partial charge in [-0.1, -0.05) is 51.9 Å². The summed E-state index contributed by atoms with van der Waals surface area (Å²) in [5.74, 6) is 0.0596. The average molecular weight is 339 g/mol. The molecule has 5 heteroatoms. The average Bonchev–Trinajstić information content (AvgIpc) is 2.41. The first kappa shape index (κ1) is 19.2. The maximum absolute atomic E-state index is 11.5. The predicted octanol–water partition coefficient (Wildman–Crippen LogP) is 4.88. The quantitative estimate of drug-likeness (QED) is 0.421. The molecular formula is C16H31ClO3S. The van der Waals surface area contributed by atoms with E-state index in [1.165, 1.54) is 32.1 Å². The van der Waals surface area contributed by atoms with Gasteiger partial charge in [-0.15, -0.1) is 0 Å². The van der Waals surface area contributed by atoms with Gasteiger partial charge in [-0.3, -0.25) is 0 Å². The van der Waals surface area contributed by atoms with Crippen molar-refractivity contribution in [3.8, 4) is 0 Å². The molecule has 0 aliphatic heterocycles. The number of halogens is 1. The van der Waals surface area contributed by atoms with Gasteiger partial charge < -0.3 is 4.74 Å². The van der Waals surface area contributed by atoms with E-state index >= 15 is 0 Å². The lowest BCUT2D eigenvalue weighted by atomic mass is 9.76. The summed E-state index contributed by atoms with van der Waals surface area (Å²) < 4.78 is 29.0. The van der Waals surface area contributed by atoms with Gasteiger partial charge in [-0.25, -0.2) is 8.42 Å². The van der Waals surface area contributed by atoms with Gasteiger partial charge in [0, 0.05) is 16.1 Å². The highest BCUT2D eigenvalue weighted by atomic mass is 35.7. The van der Waals surface area contributed by atoms with Crippen LogP contribution in [0.5, 0.6) is 0 Å². The van der Waals surface area contributed by atoms with E-state index in [1.54, 1.807) is 0 Å². The fraction of sp³-hybridized carbons (Fsp3) is 1.00. The third-order valence-corrected chi connectivity index (χ3v) is 5.82. The second-order valence-electron chi connectivity index (χ2n) is 6.71. The summed E-state index contributed by atoms with van der Waals surface area (Å²) in [5, 5.41) is 0. The van der Waals surface area contributed by atoms with Gasteiger partial charge in [0.15, 0.2) is 0 Å². The molecule has 0 saturated heterocycles. The van der Waals surface area contributed by atoms with E-state index in [4.69, 9.17) is 15.4 Å². The first-order chi connectivity index (χ1) is 9.87. The molecule has 3 nitrogen and oxygen atoms in total. The minimum Gasteiger partial charge on any atom is -0.378 e. The molecule has 1 rings (SSSR count). The fourth-order valence-corrected chi connectivity index (χ4v) is 5.06. The Morgan fingerprint density at radius 1 is 1.14 bits per heavy atom. The molecule has 0 bridgehead atoms. The zero-order valence-electron chi connectivity index (χ0n) is 13.6. The van der Waals surface area contributed by atoms with Gasteiger partial charge in [-0.05, 0) is 26.2 Å². The largest absolute Gasteiger partial charge is 0.378 e. The first-order valence-corrected chi connectivity index (χ1v) is 10.9. The molecule has 1 atom stereocenters. The molecule has 0 aromatic carbocycles. The van der Waals surface area contributed by atoms with Crippen LogP contribution in [0.4, 0.5) is 0 Å². The third-order valence-electron chi connectivity index (χ3n) is 4.53. The van der Waals surface area contributed by atoms with Crippen molar-refractivity contribution in [2.75, 3.05) is 12.4 Å². The van der Waals surface area contributed by atoms with E-state index in [0.717, 1.165) is 32.1 Å². The molecular weight excluding hydrogens is 308 g/mol. The van der Waals surface area contributed by atoms with E-state index in [-0.39, 0.29) is 17.3 Å². The first-order valence-electron chi connectivity index (χ1n) is 8.41. The van der Waals surface area contributed by atoms with Crippen molar-refractivity contribution in [2.24, 2.45) is 5.41 Å². The van der Waals surface area contributed by atoms with E-state index in [9.17, 15) is 8.42 Å². The van der Waals surface area contributed by atoms with Crippen LogP contribution in [0.3, 0.4) is 0 Å². The van der Waals surface area contributed by atoms with Crippen LogP contribution in [0.2, 0.25) is 0 Å². The zero-order valence-corrected chi connectivity index (χ0v) is 15.1. The van der Waals surface area contributed by atoms with Crippen LogP contribution in [0.1, 0.15) is 78.1 Å². The highest BCUT2D eigenvalue weighted by molar-refractivity contribution is 8.13. The summed E-state index contributed by atoms with van der Waals surface area (Å²) in [6.45, 7) is 4.84. The molecule has 0 aromatic rings. The van der Waals surface area contributed by atoms with Crippen molar-refractivity contribution in [1.29, 1.82) is 0 Å². The molecule has 0 amide bonds. The summed E-state index contributed by atoms with van der Waals surface area (Å²) in [6.07, 6.45) is 11.4. The summed E-state index contributed by atoms with van der Waals surface area (Å²) in [5.41, 5.74) is -0.253. The SMILES string of the molecule is CCCCCCC(C)OCC1(CS(=O)(=O)Cl)CCCCC1. The van der Waals surface area contributed by atoms with Crippen LogP contribution in [-0.4, -0.2) is 26.9 Å². The maximum Gasteiger partial charge on any atom is 0.233 e. The molecule has 1 fully saturated rings. The van der Waals surface area contributed by atoms with Gasteiger partial charge in [0.05, 0.1) is 18.5 Å². The van der Waals surface area contributed by atoms with Crippen LogP contribution >= 0.6 is 10.7 Å². The Labute approximate surface area is 135 Å². The zero-order chi connectivity index (χ0) is 15.8. The van der Waals surface area contributed by atoms with Crippen molar-refractivity contribution in [1.82, 2.24) is 0 Å². The number of hydrogen-bond acceptors (Lipinski definition) is 3. The summed E-state index contributed by atoms with van der Waals surface area (Å²) in [6, 6.07) is 0. The number of unbranched alkanes of at least 4 members (excludes halogenated alkanes) is 3. The van der Waals surface area contributed by atoms with Crippen molar-refractivity contribution in [3.05, 3.63) is 0 Å².